The fourth-order valence-electron chi connectivity index (χ4n) is 5.15. The topological polar surface area (TPSA) is 86.8 Å². The van der Waals surface area contributed by atoms with E-state index in [9.17, 15) is 13.6 Å². The summed E-state index contributed by atoms with van der Waals surface area (Å²) in [6.45, 7) is 0.863. The molecule has 0 bridgehead atoms. The Balaban J connectivity index is 1.14. The van der Waals surface area contributed by atoms with Crippen molar-refractivity contribution in [2.45, 2.75) is 31.9 Å². The molecular formula is C28H22F2N6OS. The molecule has 1 saturated carbocycles. The molecule has 2 aliphatic rings. The SMILES string of the molecule is O=C(C1CC(F)(F)C1)N1Cc2ccc(-c3nc(Nc4ccc(-c5cn[nH]c5)cc4)c4sccc4n3)cc2C1. The van der Waals surface area contributed by atoms with Crippen LogP contribution in [-0.4, -0.2) is 36.9 Å². The first-order valence-corrected chi connectivity index (χ1v) is 13.2. The Bertz CT molecular complexity index is 1660. The molecule has 190 valence electrons. The summed E-state index contributed by atoms with van der Waals surface area (Å²) in [6, 6.07) is 16.0. The van der Waals surface area contributed by atoms with Crippen molar-refractivity contribution in [1.82, 2.24) is 25.1 Å². The average Bonchev–Trinajstić information content (AvgIpc) is 3.67. The van der Waals surface area contributed by atoms with E-state index in [1.54, 1.807) is 22.4 Å². The number of carbonyl (C=O) groups is 1. The highest BCUT2D eigenvalue weighted by Crippen LogP contribution is 2.44. The molecule has 0 atom stereocenters. The molecule has 5 aromatic rings. The van der Waals surface area contributed by atoms with Gasteiger partial charge < -0.3 is 10.2 Å². The van der Waals surface area contributed by atoms with E-state index >= 15 is 0 Å². The lowest BCUT2D eigenvalue weighted by Gasteiger charge is -2.36. The highest BCUT2D eigenvalue weighted by Gasteiger charge is 2.50. The van der Waals surface area contributed by atoms with Crippen molar-refractivity contribution < 1.29 is 13.6 Å². The van der Waals surface area contributed by atoms with Gasteiger partial charge in [0.15, 0.2) is 11.6 Å². The Kier molecular flexibility index (Phi) is 5.26. The number of halogens is 2. The third-order valence-electron chi connectivity index (χ3n) is 7.22. The standard InChI is InChI=1S/C28H22F2N6OS/c29-28(30)10-20(11-28)27(37)36-14-18-2-1-17(9-19(18)15-36)25-34-23-7-8-38-24(23)26(35-25)33-22-5-3-16(4-6-22)21-12-31-32-13-21/h1-9,12-13,20H,10-11,14-15H2,(H,31,32)(H,33,34,35). The first-order valence-electron chi connectivity index (χ1n) is 12.3. The van der Waals surface area contributed by atoms with Crippen LogP contribution < -0.4 is 5.32 Å². The lowest BCUT2D eigenvalue weighted by Crippen LogP contribution is -2.45. The van der Waals surface area contributed by atoms with E-state index in [1.165, 1.54) is 0 Å². The van der Waals surface area contributed by atoms with Crippen LogP contribution in [0.25, 0.3) is 32.7 Å². The van der Waals surface area contributed by atoms with Gasteiger partial charge in [-0.15, -0.1) is 11.3 Å². The van der Waals surface area contributed by atoms with Crippen LogP contribution in [0.5, 0.6) is 0 Å². The second-order valence-electron chi connectivity index (χ2n) is 9.86. The number of nitrogens with zero attached hydrogens (tertiary/aromatic N) is 4. The van der Waals surface area contributed by atoms with Crippen LogP contribution in [0.4, 0.5) is 20.3 Å². The molecule has 3 aromatic heterocycles. The minimum atomic E-state index is -2.70. The number of nitrogens with one attached hydrogen (secondary N) is 2. The molecule has 4 heterocycles. The van der Waals surface area contributed by atoms with Gasteiger partial charge >= 0.3 is 0 Å². The number of aromatic nitrogens is 4. The van der Waals surface area contributed by atoms with E-state index in [2.05, 4.69) is 15.5 Å². The highest BCUT2D eigenvalue weighted by molar-refractivity contribution is 7.17. The quantitative estimate of drug-likeness (QED) is 0.276. The summed E-state index contributed by atoms with van der Waals surface area (Å²) in [7, 11) is 0. The van der Waals surface area contributed by atoms with E-state index in [1.807, 2.05) is 60.1 Å². The fourth-order valence-corrected chi connectivity index (χ4v) is 5.93. The van der Waals surface area contributed by atoms with E-state index < -0.39 is 11.8 Å². The summed E-state index contributed by atoms with van der Waals surface area (Å²) < 4.78 is 27.5. The molecule has 2 aromatic carbocycles. The number of H-pyrrole nitrogens is 1. The first-order chi connectivity index (χ1) is 18.4. The van der Waals surface area contributed by atoms with Gasteiger partial charge in [-0.2, -0.15) is 5.10 Å². The molecule has 1 aliphatic carbocycles. The zero-order valence-electron chi connectivity index (χ0n) is 20.1. The number of thiophene rings is 1. The normalized spacial score (nSPS) is 16.4. The van der Waals surface area contributed by atoms with Crippen molar-refractivity contribution >= 4 is 39.0 Å². The number of fused-ring (bicyclic) bond motifs is 2. The number of benzene rings is 2. The minimum Gasteiger partial charge on any atom is -0.339 e. The summed E-state index contributed by atoms with van der Waals surface area (Å²) in [6.07, 6.45) is 2.94. The first kappa shape index (κ1) is 23.0. The summed E-state index contributed by atoms with van der Waals surface area (Å²) >= 11 is 1.57. The van der Waals surface area contributed by atoms with Crippen molar-refractivity contribution in [2.75, 3.05) is 5.32 Å². The molecular weight excluding hydrogens is 506 g/mol. The van der Waals surface area contributed by atoms with Crippen LogP contribution in [0.15, 0.2) is 66.3 Å². The van der Waals surface area contributed by atoms with E-state index in [0.29, 0.717) is 18.9 Å². The number of alkyl halides is 2. The zero-order chi connectivity index (χ0) is 25.9. The molecule has 7 nitrogen and oxygen atoms in total. The van der Waals surface area contributed by atoms with Crippen LogP contribution >= 0.6 is 11.3 Å². The Morgan fingerprint density at radius 1 is 1.00 bits per heavy atom. The van der Waals surface area contributed by atoms with Crippen molar-refractivity contribution in [3.05, 3.63) is 77.4 Å². The van der Waals surface area contributed by atoms with Gasteiger partial charge in [0.1, 0.15) is 0 Å². The predicted molar refractivity (Wildman–Crippen MR) is 142 cm³/mol. The molecule has 0 saturated heterocycles. The second-order valence-corrected chi connectivity index (χ2v) is 10.8. The number of rotatable bonds is 5. The summed E-state index contributed by atoms with van der Waals surface area (Å²) in [4.78, 5) is 24.0. The summed E-state index contributed by atoms with van der Waals surface area (Å²) in [5.74, 6) is -2.16. The van der Waals surface area contributed by atoms with Gasteiger partial charge in [-0.25, -0.2) is 18.7 Å². The number of aromatic amines is 1. The summed E-state index contributed by atoms with van der Waals surface area (Å²) in [5, 5.41) is 12.3. The molecule has 1 fully saturated rings. The maximum absolute atomic E-state index is 13.3. The monoisotopic (exact) mass is 528 g/mol. The van der Waals surface area contributed by atoms with Crippen LogP contribution in [0, 0.1) is 5.92 Å². The molecule has 7 rings (SSSR count). The molecule has 0 spiro atoms. The van der Waals surface area contributed by atoms with Crippen LogP contribution in [0.2, 0.25) is 0 Å². The van der Waals surface area contributed by atoms with Crippen molar-refractivity contribution in [1.29, 1.82) is 0 Å². The Hall–Kier alpha value is -4.18. The van der Waals surface area contributed by atoms with Gasteiger partial charge in [-0.3, -0.25) is 9.89 Å². The molecule has 10 heteroatoms. The molecule has 2 N–H and O–H groups in total. The Morgan fingerprint density at radius 2 is 1.79 bits per heavy atom. The number of anilines is 2. The molecule has 0 radical (unpaired) electrons. The minimum absolute atomic E-state index is 0.185. The summed E-state index contributed by atoms with van der Waals surface area (Å²) in [5.41, 5.74) is 6.71. The zero-order valence-corrected chi connectivity index (χ0v) is 20.9. The third-order valence-corrected chi connectivity index (χ3v) is 8.13. The number of hydrogen-bond acceptors (Lipinski definition) is 6. The predicted octanol–water partition coefficient (Wildman–Crippen LogP) is 6.38. The van der Waals surface area contributed by atoms with Crippen molar-refractivity contribution in [3.63, 3.8) is 0 Å². The van der Waals surface area contributed by atoms with E-state index in [4.69, 9.17) is 9.97 Å². The largest absolute Gasteiger partial charge is 0.339 e. The maximum atomic E-state index is 13.3. The molecule has 1 aliphatic heterocycles. The number of amides is 1. The fraction of sp³-hybridized carbons (Fsp3) is 0.214. The van der Waals surface area contributed by atoms with Crippen molar-refractivity contribution in [3.8, 4) is 22.5 Å². The van der Waals surface area contributed by atoms with E-state index in [-0.39, 0.29) is 18.7 Å². The van der Waals surface area contributed by atoms with Crippen molar-refractivity contribution in [2.24, 2.45) is 5.92 Å². The number of carbonyl (C=O) groups excluding carboxylic acids is 1. The van der Waals surface area contributed by atoms with Crippen LogP contribution in [-0.2, 0) is 17.9 Å². The lowest BCUT2D eigenvalue weighted by atomic mass is 9.80. The Morgan fingerprint density at radius 3 is 2.55 bits per heavy atom. The third kappa shape index (κ3) is 4.10. The van der Waals surface area contributed by atoms with Crippen LogP contribution in [0.1, 0.15) is 24.0 Å². The smallest absolute Gasteiger partial charge is 0.249 e. The second kappa shape index (κ2) is 8.70. The van der Waals surface area contributed by atoms with E-state index in [0.717, 1.165) is 49.5 Å². The molecule has 0 unspecified atom stereocenters. The van der Waals surface area contributed by atoms with Gasteiger partial charge in [0.05, 0.1) is 16.4 Å². The van der Waals surface area contributed by atoms with Gasteiger partial charge in [0.2, 0.25) is 11.8 Å². The Labute approximate surface area is 220 Å². The maximum Gasteiger partial charge on any atom is 0.249 e. The van der Waals surface area contributed by atoms with Gasteiger partial charge in [-0.1, -0.05) is 24.3 Å². The van der Waals surface area contributed by atoms with Gasteiger partial charge in [0, 0.05) is 54.9 Å². The van der Waals surface area contributed by atoms with Gasteiger partial charge in [-0.05, 0) is 46.3 Å². The molecule has 38 heavy (non-hydrogen) atoms. The molecule has 1 amide bonds. The van der Waals surface area contributed by atoms with Gasteiger partial charge in [0.25, 0.3) is 0 Å². The highest BCUT2D eigenvalue weighted by atomic mass is 32.1. The lowest BCUT2D eigenvalue weighted by molar-refractivity contribution is -0.160. The average molecular weight is 529 g/mol. The number of hydrogen-bond donors (Lipinski definition) is 2. The van der Waals surface area contributed by atoms with Crippen LogP contribution in [0.3, 0.4) is 0 Å².